The summed E-state index contributed by atoms with van der Waals surface area (Å²) < 4.78 is 0. The lowest BCUT2D eigenvalue weighted by atomic mass is 10.1. The highest BCUT2D eigenvalue weighted by molar-refractivity contribution is 5.88. The minimum absolute atomic E-state index is 0.0897. The van der Waals surface area contributed by atoms with Crippen LogP contribution in [0.3, 0.4) is 0 Å². The molecule has 0 spiro atoms. The molecule has 0 aliphatic carbocycles. The van der Waals surface area contributed by atoms with Crippen molar-refractivity contribution < 1.29 is 24.6 Å². The first-order valence-electron chi connectivity index (χ1n) is 5.58. The summed E-state index contributed by atoms with van der Waals surface area (Å²) in [7, 11) is 0. The molecule has 3 amide bonds. The van der Waals surface area contributed by atoms with Crippen molar-refractivity contribution in [2.45, 2.75) is 25.5 Å². The van der Waals surface area contributed by atoms with E-state index in [1.807, 2.05) is 0 Å². The summed E-state index contributed by atoms with van der Waals surface area (Å²) in [5.74, 6) is -1.81. The van der Waals surface area contributed by atoms with Gasteiger partial charge in [0.25, 0.3) is 0 Å². The number of hydrogen-bond donors (Lipinski definition) is 4. The standard InChI is InChI=1S/C10H17N3O5/c1-5(14)7(8(11)15)12-9(16)6-2-3-13(4-6)10(17)18/h5-7,14H,2-4H2,1H3,(H2,11,15)(H,12,16)(H,17,18)/t5-,6?,7+/m1/s1. The van der Waals surface area contributed by atoms with E-state index in [-0.39, 0.29) is 13.1 Å². The predicted molar refractivity (Wildman–Crippen MR) is 60.5 cm³/mol. The second kappa shape index (κ2) is 5.67. The number of rotatable bonds is 4. The highest BCUT2D eigenvalue weighted by atomic mass is 16.4. The molecule has 1 unspecified atom stereocenters. The molecule has 0 bridgehead atoms. The average molecular weight is 259 g/mol. The molecule has 1 fully saturated rings. The van der Waals surface area contributed by atoms with Gasteiger partial charge in [-0.2, -0.15) is 0 Å². The number of aliphatic hydroxyl groups excluding tert-OH is 1. The molecule has 8 nitrogen and oxygen atoms in total. The van der Waals surface area contributed by atoms with Gasteiger partial charge >= 0.3 is 6.09 Å². The molecule has 8 heteroatoms. The minimum atomic E-state index is -1.16. The molecular formula is C10H17N3O5. The van der Waals surface area contributed by atoms with Gasteiger partial charge < -0.3 is 26.2 Å². The van der Waals surface area contributed by atoms with E-state index in [9.17, 15) is 19.5 Å². The fraction of sp³-hybridized carbons (Fsp3) is 0.700. The molecule has 1 saturated heterocycles. The third-order valence-corrected chi connectivity index (χ3v) is 2.92. The number of carbonyl (C=O) groups excluding carboxylic acids is 2. The van der Waals surface area contributed by atoms with Crippen LogP contribution in [-0.4, -0.2) is 58.3 Å². The summed E-state index contributed by atoms with van der Waals surface area (Å²) in [6, 6.07) is -1.16. The lowest BCUT2D eigenvalue weighted by Gasteiger charge is -2.20. The van der Waals surface area contributed by atoms with Crippen LogP contribution in [0.5, 0.6) is 0 Å². The van der Waals surface area contributed by atoms with Crippen LogP contribution in [0.1, 0.15) is 13.3 Å². The van der Waals surface area contributed by atoms with Gasteiger partial charge in [0, 0.05) is 13.1 Å². The van der Waals surface area contributed by atoms with Crippen molar-refractivity contribution >= 4 is 17.9 Å². The fourth-order valence-corrected chi connectivity index (χ4v) is 1.85. The van der Waals surface area contributed by atoms with E-state index in [4.69, 9.17) is 10.8 Å². The highest BCUT2D eigenvalue weighted by Gasteiger charge is 2.33. The maximum Gasteiger partial charge on any atom is 0.407 e. The second-order valence-corrected chi connectivity index (χ2v) is 4.34. The van der Waals surface area contributed by atoms with Gasteiger partial charge in [0.05, 0.1) is 12.0 Å². The first kappa shape index (κ1) is 14.2. The number of hydrogen-bond acceptors (Lipinski definition) is 4. The maximum atomic E-state index is 11.8. The number of amides is 3. The molecule has 3 atom stereocenters. The zero-order valence-corrected chi connectivity index (χ0v) is 10.00. The van der Waals surface area contributed by atoms with Crippen molar-refractivity contribution in [1.82, 2.24) is 10.2 Å². The average Bonchev–Trinajstić information content (AvgIpc) is 2.73. The Bertz CT molecular complexity index is 357. The van der Waals surface area contributed by atoms with Crippen LogP contribution >= 0.6 is 0 Å². The summed E-state index contributed by atoms with van der Waals surface area (Å²) in [5, 5.41) is 20.4. The maximum absolute atomic E-state index is 11.8. The smallest absolute Gasteiger partial charge is 0.407 e. The summed E-state index contributed by atoms with van der Waals surface area (Å²) in [4.78, 5) is 34.6. The highest BCUT2D eigenvalue weighted by Crippen LogP contribution is 2.16. The molecule has 1 aliphatic heterocycles. The van der Waals surface area contributed by atoms with Crippen LogP contribution in [0.4, 0.5) is 4.79 Å². The van der Waals surface area contributed by atoms with Crippen LogP contribution < -0.4 is 11.1 Å². The molecule has 0 aromatic heterocycles. The van der Waals surface area contributed by atoms with Gasteiger partial charge in [-0.25, -0.2) is 4.79 Å². The van der Waals surface area contributed by atoms with Gasteiger partial charge in [-0.15, -0.1) is 0 Å². The van der Waals surface area contributed by atoms with Gasteiger partial charge in [-0.05, 0) is 13.3 Å². The molecule has 0 saturated carbocycles. The summed E-state index contributed by atoms with van der Waals surface area (Å²) >= 11 is 0. The van der Waals surface area contributed by atoms with Crippen LogP contribution in [-0.2, 0) is 9.59 Å². The third kappa shape index (κ3) is 3.33. The van der Waals surface area contributed by atoms with E-state index in [0.29, 0.717) is 6.42 Å². The molecule has 1 heterocycles. The molecule has 1 rings (SSSR count). The number of aliphatic hydroxyl groups is 1. The Hall–Kier alpha value is -1.83. The lowest BCUT2D eigenvalue weighted by Crippen LogP contribution is -2.52. The largest absolute Gasteiger partial charge is 0.465 e. The lowest BCUT2D eigenvalue weighted by molar-refractivity contribution is -0.131. The Balaban J connectivity index is 2.56. The summed E-state index contributed by atoms with van der Waals surface area (Å²) in [5.41, 5.74) is 5.04. The number of carboxylic acid groups (broad SMARTS) is 1. The quantitative estimate of drug-likeness (QED) is 0.479. The molecule has 18 heavy (non-hydrogen) atoms. The summed E-state index contributed by atoms with van der Waals surface area (Å²) in [6.45, 7) is 1.71. The number of nitrogens with one attached hydrogen (secondary N) is 1. The molecule has 0 radical (unpaired) electrons. The molecule has 1 aliphatic rings. The van der Waals surface area contributed by atoms with Crippen molar-refractivity contribution in [3.8, 4) is 0 Å². The molecular weight excluding hydrogens is 242 g/mol. The number of nitrogens with two attached hydrogens (primary N) is 1. The van der Waals surface area contributed by atoms with Gasteiger partial charge in [0.1, 0.15) is 6.04 Å². The van der Waals surface area contributed by atoms with Crippen LogP contribution in [0.25, 0.3) is 0 Å². The predicted octanol–water partition coefficient (Wildman–Crippen LogP) is -1.66. The van der Waals surface area contributed by atoms with Crippen LogP contribution in [0.15, 0.2) is 0 Å². The van der Waals surface area contributed by atoms with Gasteiger partial charge in [-0.3, -0.25) is 9.59 Å². The SMILES string of the molecule is C[C@@H](O)[C@H](NC(=O)C1CCN(C(=O)O)C1)C(N)=O. The van der Waals surface area contributed by atoms with Crippen molar-refractivity contribution in [3.05, 3.63) is 0 Å². The number of likely N-dealkylation sites (tertiary alicyclic amines) is 1. The Morgan fingerprint density at radius 3 is 2.44 bits per heavy atom. The Morgan fingerprint density at radius 2 is 2.06 bits per heavy atom. The van der Waals surface area contributed by atoms with E-state index in [0.717, 1.165) is 4.90 Å². The third-order valence-electron chi connectivity index (χ3n) is 2.92. The number of carbonyl (C=O) groups is 3. The molecule has 5 N–H and O–H groups in total. The zero-order chi connectivity index (χ0) is 13.9. The summed E-state index contributed by atoms with van der Waals surface area (Å²) in [6.07, 6.45) is -1.78. The Kier molecular flexibility index (Phi) is 4.49. The van der Waals surface area contributed by atoms with Crippen molar-refractivity contribution in [3.63, 3.8) is 0 Å². The topological polar surface area (TPSA) is 133 Å². The van der Waals surface area contributed by atoms with Crippen molar-refractivity contribution in [2.24, 2.45) is 11.7 Å². The van der Waals surface area contributed by atoms with E-state index < -0.39 is 36.0 Å². The second-order valence-electron chi connectivity index (χ2n) is 4.34. The number of nitrogens with zero attached hydrogens (tertiary/aromatic N) is 1. The van der Waals surface area contributed by atoms with E-state index >= 15 is 0 Å². The molecule has 0 aromatic carbocycles. The van der Waals surface area contributed by atoms with E-state index in [1.165, 1.54) is 6.92 Å². The number of primary amides is 1. The zero-order valence-electron chi connectivity index (χ0n) is 10.00. The van der Waals surface area contributed by atoms with Crippen LogP contribution in [0.2, 0.25) is 0 Å². The van der Waals surface area contributed by atoms with Gasteiger partial charge in [-0.1, -0.05) is 0 Å². The molecule has 0 aromatic rings. The Labute approximate surface area is 104 Å². The van der Waals surface area contributed by atoms with Crippen molar-refractivity contribution in [2.75, 3.05) is 13.1 Å². The fourth-order valence-electron chi connectivity index (χ4n) is 1.85. The minimum Gasteiger partial charge on any atom is -0.465 e. The van der Waals surface area contributed by atoms with Gasteiger partial charge in [0.15, 0.2) is 0 Å². The van der Waals surface area contributed by atoms with E-state index in [2.05, 4.69) is 5.32 Å². The van der Waals surface area contributed by atoms with Gasteiger partial charge in [0.2, 0.25) is 11.8 Å². The van der Waals surface area contributed by atoms with E-state index in [1.54, 1.807) is 0 Å². The first-order chi connectivity index (χ1) is 8.32. The normalized spacial score (nSPS) is 22.3. The molecule has 102 valence electrons. The Morgan fingerprint density at radius 1 is 1.44 bits per heavy atom. The van der Waals surface area contributed by atoms with Crippen molar-refractivity contribution in [1.29, 1.82) is 0 Å². The monoisotopic (exact) mass is 259 g/mol. The first-order valence-corrected chi connectivity index (χ1v) is 5.58. The van der Waals surface area contributed by atoms with Crippen LogP contribution in [0, 0.1) is 5.92 Å².